The number of ether oxygens (including phenoxy) is 2. The van der Waals surface area contributed by atoms with Crippen molar-refractivity contribution in [1.29, 1.82) is 0 Å². The maximum Gasteiger partial charge on any atom is 0.237 e. The van der Waals surface area contributed by atoms with Crippen molar-refractivity contribution in [2.75, 3.05) is 25.6 Å². The third-order valence-corrected chi connectivity index (χ3v) is 4.06. The molecule has 1 aliphatic rings. The molecule has 2 atom stereocenters. The van der Waals surface area contributed by atoms with Gasteiger partial charge in [-0.1, -0.05) is 12.1 Å². The van der Waals surface area contributed by atoms with Crippen molar-refractivity contribution < 1.29 is 23.0 Å². The number of aromatic nitrogens is 1. The van der Waals surface area contributed by atoms with Crippen LogP contribution in [0.2, 0.25) is 0 Å². The first-order valence-corrected chi connectivity index (χ1v) is 7.93. The van der Waals surface area contributed by atoms with E-state index in [2.05, 4.69) is 10.3 Å². The highest BCUT2D eigenvalue weighted by Gasteiger charge is 2.45. The van der Waals surface area contributed by atoms with Crippen molar-refractivity contribution in [3.8, 4) is 5.88 Å². The van der Waals surface area contributed by atoms with Gasteiger partial charge in [-0.05, 0) is 36.1 Å². The first-order chi connectivity index (χ1) is 12.1. The molecule has 1 aromatic heterocycles. The van der Waals surface area contributed by atoms with E-state index >= 15 is 0 Å². The predicted molar refractivity (Wildman–Crippen MR) is 87.4 cm³/mol. The zero-order chi connectivity index (χ0) is 17.8. The Morgan fingerprint density at radius 1 is 1.28 bits per heavy atom. The highest BCUT2D eigenvalue weighted by atomic mass is 19.2. The quantitative estimate of drug-likeness (QED) is 0.781. The Hall–Kier alpha value is -2.54. The van der Waals surface area contributed by atoms with Crippen molar-refractivity contribution >= 4 is 11.6 Å². The number of benzene rings is 1. The van der Waals surface area contributed by atoms with E-state index in [9.17, 15) is 13.6 Å². The van der Waals surface area contributed by atoms with Gasteiger partial charge in [0.25, 0.3) is 0 Å². The Morgan fingerprint density at radius 3 is 2.92 bits per heavy atom. The molecule has 5 nitrogen and oxygen atoms in total. The Kier molecular flexibility index (Phi) is 5.23. The van der Waals surface area contributed by atoms with Gasteiger partial charge in [-0.3, -0.25) is 4.79 Å². The van der Waals surface area contributed by atoms with Gasteiger partial charge in [0.05, 0.1) is 6.61 Å². The number of amides is 1. The molecule has 7 heteroatoms. The van der Waals surface area contributed by atoms with E-state index < -0.39 is 17.6 Å². The van der Waals surface area contributed by atoms with Crippen molar-refractivity contribution in [2.24, 2.45) is 5.92 Å². The lowest BCUT2D eigenvalue weighted by atomic mass is 10.1. The number of pyridine rings is 1. The van der Waals surface area contributed by atoms with Gasteiger partial charge in [-0.2, -0.15) is 0 Å². The number of hydrogen-bond acceptors (Lipinski definition) is 4. The maximum atomic E-state index is 13.8. The summed E-state index contributed by atoms with van der Waals surface area (Å²) in [6.45, 7) is 0.699. The van der Waals surface area contributed by atoms with Crippen LogP contribution in [0.5, 0.6) is 5.88 Å². The molecule has 0 unspecified atom stereocenters. The minimum absolute atomic E-state index is 0.239. The molecular weight excluding hydrogens is 330 g/mol. The van der Waals surface area contributed by atoms with E-state index in [0.29, 0.717) is 31.2 Å². The first kappa shape index (κ1) is 17.3. The van der Waals surface area contributed by atoms with Gasteiger partial charge >= 0.3 is 0 Å². The second kappa shape index (κ2) is 7.57. The van der Waals surface area contributed by atoms with Crippen molar-refractivity contribution in [2.45, 2.75) is 12.3 Å². The molecule has 132 valence electrons. The SMILES string of the molecule is COCCOc1ncccc1NC(=O)[C@H]1C[C@H]1c1cccc(F)c1F. The summed E-state index contributed by atoms with van der Waals surface area (Å²) in [5.74, 6) is -2.47. The molecule has 2 aromatic rings. The standard InChI is InChI=1S/C18H18F2N2O3/c1-24-8-9-25-18-15(6-3-7-21-18)22-17(23)13-10-12(13)11-4-2-5-14(19)16(11)20/h2-7,12-13H,8-10H2,1H3,(H,22,23)/t12-,13-/m0/s1. The van der Waals surface area contributed by atoms with Crippen LogP contribution in [0.1, 0.15) is 17.9 Å². The average molecular weight is 348 g/mol. The average Bonchev–Trinajstić information content (AvgIpc) is 3.40. The minimum Gasteiger partial charge on any atom is -0.474 e. The van der Waals surface area contributed by atoms with Crippen LogP contribution in [-0.2, 0) is 9.53 Å². The largest absolute Gasteiger partial charge is 0.474 e. The molecule has 0 aliphatic heterocycles. The molecule has 1 amide bonds. The third kappa shape index (κ3) is 3.93. The summed E-state index contributed by atoms with van der Waals surface area (Å²) in [7, 11) is 1.56. The van der Waals surface area contributed by atoms with Crippen molar-refractivity contribution in [3.05, 3.63) is 53.7 Å². The van der Waals surface area contributed by atoms with Gasteiger partial charge in [0.1, 0.15) is 12.3 Å². The molecule has 1 N–H and O–H groups in total. The van der Waals surface area contributed by atoms with Gasteiger partial charge < -0.3 is 14.8 Å². The maximum absolute atomic E-state index is 13.8. The van der Waals surface area contributed by atoms with E-state index in [1.165, 1.54) is 12.1 Å². The molecule has 0 saturated heterocycles. The molecular formula is C18H18F2N2O3. The highest BCUT2D eigenvalue weighted by molar-refractivity contribution is 5.96. The summed E-state index contributed by atoms with van der Waals surface area (Å²) in [6.07, 6.45) is 2.03. The van der Waals surface area contributed by atoms with Crippen LogP contribution in [0.4, 0.5) is 14.5 Å². The second-order valence-electron chi connectivity index (χ2n) is 5.78. The van der Waals surface area contributed by atoms with Crippen LogP contribution >= 0.6 is 0 Å². The summed E-state index contributed by atoms with van der Waals surface area (Å²) in [5.41, 5.74) is 0.678. The molecule has 0 bridgehead atoms. The van der Waals surface area contributed by atoms with E-state index in [4.69, 9.17) is 9.47 Å². The van der Waals surface area contributed by atoms with Gasteiger partial charge in [0.2, 0.25) is 11.8 Å². The molecule has 25 heavy (non-hydrogen) atoms. The van der Waals surface area contributed by atoms with Gasteiger partial charge in [-0.25, -0.2) is 13.8 Å². The summed E-state index contributed by atoms with van der Waals surface area (Å²) in [4.78, 5) is 16.5. The van der Waals surface area contributed by atoms with E-state index in [1.807, 2.05) is 0 Å². The number of carbonyl (C=O) groups is 1. The smallest absolute Gasteiger partial charge is 0.237 e. The topological polar surface area (TPSA) is 60.5 Å². The predicted octanol–water partition coefficient (Wildman–Crippen LogP) is 3.13. The molecule has 0 spiro atoms. The first-order valence-electron chi connectivity index (χ1n) is 7.93. The third-order valence-electron chi connectivity index (χ3n) is 4.06. The lowest BCUT2D eigenvalue weighted by Gasteiger charge is -2.11. The molecule has 1 heterocycles. The van der Waals surface area contributed by atoms with Gasteiger partial charge in [0.15, 0.2) is 11.6 Å². The molecule has 1 aliphatic carbocycles. The van der Waals surface area contributed by atoms with Crippen LogP contribution < -0.4 is 10.1 Å². The number of methoxy groups -OCH3 is 1. The Bertz CT molecular complexity index is 770. The van der Waals surface area contributed by atoms with Crippen molar-refractivity contribution in [3.63, 3.8) is 0 Å². The number of rotatable bonds is 7. The minimum atomic E-state index is -0.898. The second-order valence-corrected chi connectivity index (χ2v) is 5.78. The van der Waals surface area contributed by atoms with E-state index in [0.717, 1.165) is 6.07 Å². The van der Waals surface area contributed by atoms with E-state index in [-0.39, 0.29) is 17.4 Å². The Morgan fingerprint density at radius 2 is 2.12 bits per heavy atom. The van der Waals surface area contributed by atoms with Crippen LogP contribution in [0.25, 0.3) is 0 Å². The summed E-state index contributed by atoms with van der Waals surface area (Å²) >= 11 is 0. The number of nitrogens with zero attached hydrogens (tertiary/aromatic N) is 1. The Balaban J connectivity index is 1.65. The van der Waals surface area contributed by atoms with Gasteiger partial charge in [0, 0.05) is 19.2 Å². The molecule has 1 saturated carbocycles. The molecule has 0 radical (unpaired) electrons. The summed E-state index contributed by atoms with van der Waals surface area (Å²) in [5, 5.41) is 2.75. The van der Waals surface area contributed by atoms with Gasteiger partial charge in [-0.15, -0.1) is 0 Å². The normalized spacial score (nSPS) is 18.7. The summed E-state index contributed by atoms with van der Waals surface area (Å²) < 4.78 is 37.6. The van der Waals surface area contributed by atoms with Crippen LogP contribution in [0.3, 0.4) is 0 Å². The molecule has 1 aromatic carbocycles. The fourth-order valence-corrected chi connectivity index (χ4v) is 2.68. The number of nitrogens with one attached hydrogen (secondary N) is 1. The van der Waals surface area contributed by atoms with Crippen LogP contribution in [-0.4, -0.2) is 31.2 Å². The lowest BCUT2D eigenvalue weighted by molar-refractivity contribution is -0.117. The number of anilines is 1. The van der Waals surface area contributed by atoms with Crippen molar-refractivity contribution in [1.82, 2.24) is 4.98 Å². The molecule has 3 rings (SSSR count). The number of halogens is 2. The van der Waals surface area contributed by atoms with E-state index in [1.54, 1.807) is 25.4 Å². The Labute approximate surface area is 144 Å². The van der Waals surface area contributed by atoms with Crippen LogP contribution in [0.15, 0.2) is 36.5 Å². The zero-order valence-electron chi connectivity index (χ0n) is 13.7. The monoisotopic (exact) mass is 348 g/mol. The summed E-state index contributed by atoms with van der Waals surface area (Å²) in [6, 6.07) is 7.38. The lowest BCUT2D eigenvalue weighted by Crippen LogP contribution is -2.16. The fraction of sp³-hybridized carbons (Fsp3) is 0.333. The molecule has 1 fully saturated rings. The number of carbonyl (C=O) groups excluding carboxylic acids is 1. The zero-order valence-corrected chi connectivity index (χ0v) is 13.7. The van der Waals surface area contributed by atoms with Crippen LogP contribution in [0, 0.1) is 17.6 Å². The fourth-order valence-electron chi connectivity index (χ4n) is 2.68. The highest BCUT2D eigenvalue weighted by Crippen LogP contribution is 2.49. The number of hydrogen-bond donors (Lipinski definition) is 1.